The molecule has 0 bridgehead atoms. The zero-order valence-corrected chi connectivity index (χ0v) is 12.7. The van der Waals surface area contributed by atoms with Gasteiger partial charge in [0.15, 0.2) is 5.78 Å². The molecule has 0 aromatic heterocycles. The van der Waals surface area contributed by atoms with Gasteiger partial charge in [-0.25, -0.2) is 0 Å². The lowest BCUT2D eigenvalue weighted by atomic mass is 9.84. The Labute approximate surface area is 130 Å². The third-order valence-corrected chi connectivity index (χ3v) is 4.70. The standard InChI is InChI=1S/C20H18O2/c1-12-4-3-5-15-9-19-17-7-6-14(13(2)21)8-16(17)11-22-20(19)10-18(12)15/h6-10H,1,3-5,11H2,2H3. The number of rotatable bonds is 1. The molecule has 0 radical (unpaired) electrons. The van der Waals surface area contributed by atoms with Gasteiger partial charge in [-0.2, -0.15) is 0 Å². The number of aryl methyl sites for hydroxylation is 1. The zero-order valence-electron chi connectivity index (χ0n) is 12.7. The van der Waals surface area contributed by atoms with Crippen LogP contribution in [-0.4, -0.2) is 5.78 Å². The minimum atomic E-state index is 0.0929. The molecule has 0 saturated heterocycles. The number of fused-ring (bicyclic) bond motifs is 4. The van der Waals surface area contributed by atoms with Crippen molar-refractivity contribution in [1.82, 2.24) is 0 Å². The van der Waals surface area contributed by atoms with Crippen molar-refractivity contribution in [3.05, 3.63) is 59.2 Å². The molecule has 4 rings (SSSR count). The van der Waals surface area contributed by atoms with E-state index in [1.807, 2.05) is 12.1 Å². The average Bonchev–Trinajstić information content (AvgIpc) is 2.53. The van der Waals surface area contributed by atoms with Gasteiger partial charge < -0.3 is 4.74 Å². The molecule has 2 aromatic carbocycles. The average molecular weight is 290 g/mol. The lowest BCUT2D eigenvalue weighted by Crippen LogP contribution is -2.10. The van der Waals surface area contributed by atoms with Crippen molar-refractivity contribution < 1.29 is 9.53 Å². The van der Waals surface area contributed by atoms with Crippen molar-refractivity contribution in [1.29, 1.82) is 0 Å². The first-order chi connectivity index (χ1) is 10.6. The molecule has 0 amide bonds. The summed E-state index contributed by atoms with van der Waals surface area (Å²) in [4.78, 5) is 11.6. The molecule has 1 aliphatic heterocycles. The van der Waals surface area contributed by atoms with Crippen LogP contribution in [0.4, 0.5) is 0 Å². The van der Waals surface area contributed by atoms with Gasteiger partial charge in [0.2, 0.25) is 0 Å². The maximum absolute atomic E-state index is 11.6. The minimum absolute atomic E-state index is 0.0929. The monoisotopic (exact) mass is 290 g/mol. The number of hydrogen-bond acceptors (Lipinski definition) is 2. The van der Waals surface area contributed by atoms with E-state index in [1.165, 1.54) is 28.7 Å². The molecular weight excluding hydrogens is 272 g/mol. The van der Waals surface area contributed by atoms with E-state index in [-0.39, 0.29) is 5.78 Å². The summed E-state index contributed by atoms with van der Waals surface area (Å²) in [5.41, 5.74) is 8.00. The van der Waals surface area contributed by atoms with Crippen LogP contribution in [0.5, 0.6) is 5.75 Å². The SMILES string of the molecule is C=C1CCCc2cc3c(cc21)OCc1cc(C(C)=O)ccc1-3. The Morgan fingerprint density at radius 3 is 2.73 bits per heavy atom. The van der Waals surface area contributed by atoms with Crippen molar-refractivity contribution >= 4 is 11.4 Å². The normalized spacial score (nSPS) is 15.4. The summed E-state index contributed by atoms with van der Waals surface area (Å²) >= 11 is 0. The fourth-order valence-corrected chi connectivity index (χ4v) is 3.47. The van der Waals surface area contributed by atoms with Gasteiger partial charge in [0.05, 0.1) is 0 Å². The first-order valence-corrected chi connectivity index (χ1v) is 7.75. The van der Waals surface area contributed by atoms with Gasteiger partial charge in [-0.3, -0.25) is 4.79 Å². The summed E-state index contributed by atoms with van der Waals surface area (Å²) in [6.07, 6.45) is 3.34. The molecule has 2 aromatic rings. The van der Waals surface area contributed by atoms with Gasteiger partial charge in [-0.1, -0.05) is 18.7 Å². The fourth-order valence-electron chi connectivity index (χ4n) is 3.47. The maximum atomic E-state index is 11.6. The number of hydrogen-bond donors (Lipinski definition) is 0. The molecule has 2 aliphatic rings. The summed E-state index contributed by atoms with van der Waals surface area (Å²) in [7, 11) is 0. The lowest BCUT2D eigenvalue weighted by molar-refractivity contribution is 0.101. The number of carbonyl (C=O) groups excluding carboxylic acids is 1. The molecule has 22 heavy (non-hydrogen) atoms. The van der Waals surface area contributed by atoms with E-state index < -0.39 is 0 Å². The first-order valence-electron chi connectivity index (χ1n) is 7.75. The van der Waals surface area contributed by atoms with Gasteiger partial charge in [0, 0.05) is 11.1 Å². The van der Waals surface area contributed by atoms with Crippen molar-refractivity contribution in [2.75, 3.05) is 0 Å². The predicted molar refractivity (Wildman–Crippen MR) is 88.2 cm³/mol. The number of allylic oxidation sites excluding steroid dienone is 1. The van der Waals surface area contributed by atoms with E-state index in [2.05, 4.69) is 24.8 Å². The Hall–Kier alpha value is -2.35. The van der Waals surface area contributed by atoms with Crippen LogP contribution in [0.1, 0.15) is 46.8 Å². The highest BCUT2D eigenvalue weighted by atomic mass is 16.5. The van der Waals surface area contributed by atoms with Crippen LogP contribution in [0.3, 0.4) is 0 Å². The first kappa shape index (κ1) is 13.3. The molecule has 0 saturated carbocycles. The summed E-state index contributed by atoms with van der Waals surface area (Å²) in [5, 5.41) is 0. The van der Waals surface area contributed by atoms with E-state index in [0.29, 0.717) is 6.61 Å². The smallest absolute Gasteiger partial charge is 0.159 e. The van der Waals surface area contributed by atoms with Crippen LogP contribution >= 0.6 is 0 Å². The molecule has 2 heteroatoms. The number of ether oxygens (including phenoxy) is 1. The number of Topliss-reactive ketones (excluding diaryl/α,β-unsaturated/α-hetero) is 1. The quantitative estimate of drug-likeness (QED) is 0.705. The van der Waals surface area contributed by atoms with Gasteiger partial charge in [0.1, 0.15) is 12.4 Å². The second-order valence-corrected chi connectivity index (χ2v) is 6.18. The van der Waals surface area contributed by atoms with Crippen LogP contribution in [0.15, 0.2) is 36.9 Å². The maximum Gasteiger partial charge on any atom is 0.159 e. The highest BCUT2D eigenvalue weighted by Gasteiger charge is 2.22. The Morgan fingerprint density at radius 1 is 1.05 bits per heavy atom. The van der Waals surface area contributed by atoms with Crippen LogP contribution in [0, 0.1) is 0 Å². The highest BCUT2D eigenvalue weighted by molar-refractivity contribution is 5.95. The lowest BCUT2D eigenvalue weighted by Gasteiger charge is -2.26. The molecule has 0 fully saturated rings. The molecule has 0 N–H and O–H groups in total. The van der Waals surface area contributed by atoms with E-state index in [1.54, 1.807) is 6.92 Å². The third-order valence-electron chi connectivity index (χ3n) is 4.70. The van der Waals surface area contributed by atoms with Crippen molar-refractivity contribution in [2.24, 2.45) is 0 Å². The number of carbonyl (C=O) groups is 1. The molecule has 0 spiro atoms. The summed E-state index contributed by atoms with van der Waals surface area (Å²) in [6.45, 7) is 6.31. The van der Waals surface area contributed by atoms with Crippen molar-refractivity contribution in [3.63, 3.8) is 0 Å². The molecule has 0 atom stereocenters. The number of benzene rings is 2. The topological polar surface area (TPSA) is 26.3 Å². The zero-order chi connectivity index (χ0) is 15.3. The largest absolute Gasteiger partial charge is 0.488 e. The molecule has 1 aliphatic carbocycles. The van der Waals surface area contributed by atoms with Crippen molar-refractivity contribution in [3.8, 4) is 16.9 Å². The van der Waals surface area contributed by atoms with Gasteiger partial charge in [-0.15, -0.1) is 0 Å². The molecule has 110 valence electrons. The Kier molecular flexibility index (Phi) is 2.93. The predicted octanol–water partition coefficient (Wildman–Crippen LogP) is 4.80. The van der Waals surface area contributed by atoms with Gasteiger partial charge >= 0.3 is 0 Å². The number of ketones is 1. The second kappa shape index (κ2) is 4.84. The van der Waals surface area contributed by atoms with E-state index in [0.717, 1.165) is 35.3 Å². The minimum Gasteiger partial charge on any atom is -0.488 e. The Morgan fingerprint density at radius 2 is 1.91 bits per heavy atom. The van der Waals surface area contributed by atoms with E-state index >= 15 is 0 Å². The molecule has 0 unspecified atom stereocenters. The second-order valence-electron chi connectivity index (χ2n) is 6.18. The summed E-state index contributed by atoms with van der Waals surface area (Å²) in [5.74, 6) is 1.03. The highest BCUT2D eigenvalue weighted by Crippen LogP contribution is 2.43. The van der Waals surface area contributed by atoms with Gasteiger partial charge in [0.25, 0.3) is 0 Å². The summed E-state index contributed by atoms with van der Waals surface area (Å²) < 4.78 is 5.95. The third kappa shape index (κ3) is 1.98. The molecule has 1 heterocycles. The Bertz CT molecular complexity index is 815. The molecule has 2 nitrogen and oxygen atoms in total. The van der Waals surface area contributed by atoms with E-state index in [9.17, 15) is 4.79 Å². The summed E-state index contributed by atoms with van der Waals surface area (Å²) in [6, 6.07) is 10.3. The van der Waals surface area contributed by atoms with Crippen LogP contribution in [0.25, 0.3) is 16.7 Å². The van der Waals surface area contributed by atoms with Gasteiger partial charge in [-0.05, 0) is 72.2 Å². The fraction of sp³-hybridized carbons (Fsp3) is 0.250. The van der Waals surface area contributed by atoms with Crippen LogP contribution in [-0.2, 0) is 13.0 Å². The Balaban J connectivity index is 1.88. The molecular formula is C20H18O2. The van der Waals surface area contributed by atoms with E-state index in [4.69, 9.17) is 4.74 Å². The van der Waals surface area contributed by atoms with Crippen molar-refractivity contribution in [2.45, 2.75) is 32.8 Å². The van der Waals surface area contributed by atoms with Crippen LogP contribution < -0.4 is 4.74 Å². The van der Waals surface area contributed by atoms with Crippen LogP contribution in [0.2, 0.25) is 0 Å².